The van der Waals surface area contributed by atoms with Crippen molar-refractivity contribution in [3.63, 3.8) is 0 Å². The van der Waals surface area contributed by atoms with Crippen LogP contribution in [0.15, 0.2) is 21.2 Å². The van der Waals surface area contributed by atoms with E-state index >= 15 is 0 Å². The Kier molecular flexibility index (Phi) is 5.06. The van der Waals surface area contributed by atoms with E-state index in [9.17, 15) is 0 Å². The zero-order valence-electron chi connectivity index (χ0n) is 8.71. The Morgan fingerprint density at radius 3 is 2.71 bits per heavy atom. The Labute approximate surface area is 98.0 Å². The van der Waals surface area contributed by atoms with E-state index in [1.165, 1.54) is 0 Å². The molecule has 1 N–H and O–H groups in total. The minimum Gasteiger partial charge on any atom is -0.453 e. The van der Waals surface area contributed by atoms with E-state index in [-0.39, 0.29) is 6.04 Å². The lowest BCUT2D eigenvalue weighted by Gasteiger charge is -2.14. The van der Waals surface area contributed by atoms with Gasteiger partial charge in [0.25, 0.3) is 0 Å². The van der Waals surface area contributed by atoms with Gasteiger partial charge in [0.15, 0.2) is 4.67 Å². The Morgan fingerprint density at radius 2 is 2.21 bits per heavy atom. The molecular weight excluding hydrogens is 262 g/mol. The molecule has 0 aliphatic carbocycles. The molecule has 0 spiro atoms. The van der Waals surface area contributed by atoms with Gasteiger partial charge in [-0.25, -0.2) is 0 Å². The molecule has 2 nitrogen and oxygen atoms in total. The molecule has 0 radical (unpaired) electrons. The lowest BCUT2D eigenvalue weighted by Crippen LogP contribution is -2.25. The first kappa shape index (κ1) is 12.1. The molecule has 80 valence electrons. The van der Waals surface area contributed by atoms with Gasteiger partial charge in [0, 0.05) is 11.8 Å². The Balaban J connectivity index is 2.39. The SMILES string of the molecule is CSC(C)CNC(C)c1ccc(Br)o1. The van der Waals surface area contributed by atoms with Crippen LogP contribution in [0.2, 0.25) is 0 Å². The molecule has 0 amide bonds. The van der Waals surface area contributed by atoms with Gasteiger partial charge in [-0.2, -0.15) is 11.8 Å². The largest absolute Gasteiger partial charge is 0.453 e. The average Bonchev–Trinajstić information content (AvgIpc) is 2.60. The van der Waals surface area contributed by atoms with Crippen LogP contribution in [0.3, 0.4) is 0 Å². The Hall–Kier alpha value is 0.0700. The second-order valence-corrected chi connectivity index (χ2v) is 5.38. The number of furan rings is 1. The van der Waals surface area contributed by atoms with E-state index in [1.54, 1.807) is 0 Å². The highest BCUT2D eigenvalue weighted by molar-refractivity contribution is 9.10. The second-order valence-electron chi connectivity index (χ2n) is 3.32. The fourth-order valence-electron chi connectivity index (χ4n) is 1.09. The van der Waals surface area contributed by atoms with Gasteiger partial charge in [-0.3, -0.25) is 0 Å². The molecule has 0 aliphatic rings. The van der Waals surface area contributed by atoms with Crippen molar-refractivity contribution in [2.24, 2.45) is 0 Å². The molecule has 0 aromatic carbocycles. The predicted molar refractivity (Wildman–Crippen MR) is 65.8 cm³/mol. The first-order valence-electron chi connectivity index (χ1n) is 4.65. The van der Waals surface area contributed by atoms with Crippen LogP contribution in [-0.2, 0) is 0 Å². The molecule has 1 heterocycles. The van der Waals surface area contributed by atoms with E-state index in [1.807, 2.05) is 23.9 Å². The smallest absolute Gasteiger partial charge is 0.169 e. The van der Waals surface area contributed by atoms with Crippen molar-refractivity contribution in [3.05, 3.63) is 22.6 Å². The zero-order valence-corrected chi connectivity index (χ0v) is 11.1. The topological polar surface area (TPSA) is 25.2 Å². The van der Waals surface area contributed by atoms with Gasteiger partial charge in [0.1, 0.15) is 5.76 Å². The molecule has 1 aromatic heterocycles. The monoisotopic (exact) mass is 277 g/mol. The summed E-state index contributed by atoms with van der Waals surface area (Å²) in [6, 6.07) is 4.19. The van der Waals surface area contributed by atoms with Crippen LogP contribution in [0.5, 0.6) is 0 Å². The van der Waals surface area contributed by atoms with Crippen molar-refractivity contribution in [1.82, 2.24) is 5.32 Å². The number of nitrogens with one attached hydrogen (secondary N) is 1. The second kappa shape index (κ2) is 5.83. The lowest BCUT2D eigenvalue weighted by molar-refractivity contribution is 0.420. The van der Waals surface area contributed by atoms with Crippen LogP contribution in [0.25, 0.3) is 0 Å². The van der Waals surface area contributed by atoms with Gasteiger partial charge in [0.2, 0.25) is 0 Å². The standard InChI is InChI=1S/C10H16BrNOS/c1-7(14-3)6-12-8(2)9-4-5-10(11)13-9/h4-5,7-8,12H,6H2,1-3H3. The number of rotatable bonds is 5. The molecule has 14 heavy (non-hydrogen) atoms. The van der Waals surface area contributed by atoms with E-state index in [2.05, 4.69) is 41.3 Å². The molecule has 0 saturated heterocycles. The molecule has 0 bridgehead atoms. The minimum atomic E-state index is 0.274. The first-order chi connectivity index (χ1) is 6.63. The molecule has 0 aliphatic heterocycles. The normalized spacial score (nSPS) is 15.4. The van der Waals surface area contributed by atoms with Crippen LogP contribution in [-0.4, -0.2) is 18.1 Å². The van der Waals surface area contributed by atoms with Gasteiger partial charge < -0.3 is 9.73 Å². The molecule has 0 saturated carbocycles. The molecule has 0 fully saturated rings. The molecule has 2 atom stereocenters. The molecule has 2 unspecified atom stereocenters. The lowest BCUT2D eigenvalue weighted by atomic mass is 10.2. The molecule has 1 aromatic rings. The van der Waals surface area contributed by atoms with Gasteiger partial charge in [-0.1, -0.05) is 6.92 Å². The van der Waals surface area contributed by atoms with Crippen LogP contribution in [0.4, 0.5) is 0 Å². The van der Waals surface area contributed by atoms with Crippen LogP contribution in [0.1, 0.15) is 25.6 Å². The van der Waals surface area contributed by atoms with Crippen molar-refractivity contribution in [2.45, 2.75) is 25.1 Å². The van der Waals surface area contributed by atoms with Crippen LogP contribution in [0, 0.1) is 0 Å². The van der Waals surface area contributed by atoms with E-state index < -0.39 is 0 Å². The summed E-state index contributed by atoms with van der Waals surface area (Å²) < 4.78 is 6.25. The summed E-state index contributed by atoms with van der Waals surface area (Å²) >= 11 is 5.16. The van der Waals surface area contributed by atoms with Gasteiger partial charge >= 0.3 is 0 Å². The third kappa shape index (κ3) is 3.67. The third-order valence-electron chi connectivity index (χ3n) is 2.13. The van der Waals surface area contributed by atoms with Gasteiger partial charge in [-0.05, 0) is 41.2 Å². The van der Waals surface area contributed by atoms with Crippen molar-refractivity contribution >= 4 is 27.7 Å². The summed E-state index contributed by atoms with van der Waals surface area (Å²) in [5, 5.41) is 4.06. The van der Waals surface area contributed by atoms with Crippen molar-refractivity contribution in [3.8, 4) is 0 Å². The minimum absolute atomic E-state index is 0.274. The molecule has 1 rings (SSSR count). The maximum atomic E-state index is 5.46. The molecular formula is C10H16BrNOS. The predicted octanol–water partition coefficient (Wildman–Crippen LogP) is 3.44. The highest BCUT2D eigenvalue weighted by atomic mass is 79.9. The maximum absolute atomic E-state index is 5.46. The van der Waals surface area contributed by atoms with Gasteiger partial charge in [0.05, 0.1) is 6.04 Å². The van der Waals surface area contributed by atoms with E-state index in [4.69, 9.17) is 4.42 Å². The highest BCUT2D eigenvalue weighted by Crippen LogP contribution is 2.20. The number of thioether (sulfide) groups is 1. The Morgan fingerprint density at radius 1 is 1.50 bits per heavy atom. The fraction of sp³-hybridized carbons (Fsp3) is 0.600. The summed E-state index contributed by atoms with van der Waals surface area (Å²) in [6.45, 7) is 5.32. The summed E-state index contributed by atoms with van der Waals surface area (Å²) in [7, 11) is 0. The Bertz CT molecular complexity index is 277. The molecule has 4 heteroatoms. The van der Waals surface area contributed by atoms with E-state index in [0.29, 0.717) is 5.25 Å². The van der Waals surface area contributed by atoms with Crippen molar-refractivity contribution in [1.29, 1.82) is 0 Å². The summed E-state index contributed by atoms with van der Waals surface area (Å²) in [6.07, 6.45) is 2.13. The quantitative estimate of drug-likeness (QED) is 0.893. The number of halogens is 1. The first-order valence-corrected chi connectivity index (χ1v) is 6.73. The van der Waals surface area contributed by atoms with E-state index in [0.717, 1.165) is 17.0 Å². The number of hydrogen-bond acceptors (Lipinski definition) is 3. The zero-order chi connectivity index (χ0) is 10.6. The van der Waals surface area contributed by atoms with Crippen LogP contribution < -0.4 is 5.32 Å². The summed E-state index contributed by atoms with van der Waals surface area (Å²) in [5.74, 6) is 0.977. The third-order valence-corrected chi connectivity index (χ3v) is 3.53. The van der Waals surface area contributed by atoms with Crippen molar-refractivity contribution < 1.29 is 4.42 Å². The number of hydrogen-bond donors (Lipinski definition) is 1. The van der Waals surface area contributed by atoms with Crippen molar-refractivity contribution in [2.75, 3.05) is 12.8 Å². The maximum Gasteiger partial charge on any atom is 0.169 e. The van der Waals surface area contributed by atoms with Crippen LogP contribution >= 0.6 is 27.7 Å². The average molecular weight is 278 g/mol. The summed E-state index contributed by atoms with van der Waals surface area (Å²) in [5.41, 5.74) is 0. The summed E-state index contributed by atoms with van der Waals surface area (Å²) in [4.78, 5) is 0. The highest BCUT2D eigenvalue weighted by Gasteiger charge is 2.10. The fourth-order valence-corrected chi connectivity index (χ4v) is 1.67. The van der Waals surface area contributed by atoms with Gasteiger partial charge in [-0.15, -0.1) is 0 Å².